The first-order valence-corrected chi connectivity index (χ1v) is 10.3. The van der Waals surface area contributed by atoms with Crippen molar-refractivity contribution in [2.75, 3.05) is 5.32 Å². The van der Waals surface area contributed by atoms with Crippen LogP contribution in [0.15, 0.2) is 52.1 Å². The molecule has 0 atom stereocenters. The number of nitrogens with one attached hydrogen (secondary N) is 2. The van der Waals surface area contributed by atoms with Crippen molar-refractivity contribution in [3.63, 3.8) is 0 Å². The van der Waals surface area contributed by atoms with E-state index in [-0.39, 0.29) is 12.3 Å². The van der Waals surface area contributed by atoms with Crippen molar-refractivity contribution in [2.45, 2.75) is 37.6 Å². The molecule has 8 heteroatoms. The van der Waals surface area contributed by atoms with Crippen LogP contribution in [-0.4, -0.2) is 26.0 Å². The number of anilines is 1. The second-order valence-corrected chi connectivity index (χ2v) is 7.83. The molecule has 0 unspecified atom stereocenters. The third-order valence-electron chi connectivity index (χ3n) is 4.37. The van der Waals surface area contributed by atoms with Crippen molar-refractivity contribution in [3.8, 4) is 0 Å². The quantitative estimate of drug-likeness (QED) is 0.440. The van der Waals surface area contributed by atoms with E-state index in [1.165, 1.54) is 17.3 Å². The number of H-pyrrole nitrogens is 1. The maximum atomic E-state index is 12.1. The Labute approximate surface area is 172 Å². The molecule has 0 radical (unpaired) electrons. The maximum absolute atomic E-state index is 12.1. The lowest BCUT2D eigenvalue weighted by Crippen LogP contribution is -2.12. The molecular formula is C21H21N5O2S. The van der Waals surface area contributed by atoms with Crippen molar-refractivity contribution in [1.82, 2.24) is 20.1 Å². The van der Waals surface area contributed by atoms with Gasteiger partial charge in [-0.2, -0.15) is 4.98 Å². The smallest absolute Gasteiger partial charge is 0.227 e. The van der Waals surface area contributed by atoms with E-state index in [0.717, 1.165) is 27.4 Å². The van der Waals surface area contributed by atoms with E-state index in [2.05, 4.69) is 38.4 Å². The first-order chi connectivity index (χ1) is 14.0. The molecule has 0 bridgehead atoms. The SMILES string of the molecule is Cc1ccc(NC(=O)CCc2nc(CSc3nc4ccc(C)cc4[nH]3)no2)cc1. The van der Waals surface area contributed by atoms with E-state index in [4.69, 9.17) is 4.52 Å². The summed E-state index contributed by atoms with van der Waals surface area (Å²) in [7, 11) is 0. The summed E-state index contributed by atoms with van der Waals surface area (Å²) < 4.78 is 5.26. The van der Waals surface area contributed by atoms with Crippen LogP contribution in [0.2, 0.25) is 0 Å². The number of benzene rings is 2. The van der Waals surface area contributed by atoms with Gasteiger partial charge in [-0.3, -0.25) is 4.79 Å². The summed E-state index contributed by atoms with van der Waals surface area (Å²) in [5.74, 6) is 1.50. The molecule has 4 aromatic rings. The summed E-state index contributed by atoms with van der Waals surface area (Å²) in [6.07, 6.45) is 0.685. The molecule has 0 fully saturated rings. The lowest BCUT2D eigenvalue weighted by atomic mass is 10.2. The van der Waals surface area contributed by atoms with E-state index in [9.17, 15) is 4.79 Å². The van der Waals surface area contributed by atoms with E-state index in [1.54, 1.807) is 0 Å². The van der Waals surface area contributed by atoms with Crippen molar-refractivity contribution >= 4 is 34.4 Å². The van der Waals surface area contributed by atoms with Gasteiger partial charge < -0.3 is 14.8 Å². The minimum Gasteiger partial charge on any atom is -0.339 e. The minimum absolute atomic E-state index is 0.0828. The predicted molar refractivity (Wildman–Crippen MR) is 113 cm³/mol. The standard InChI is InChI=1S/C21H21N5O2S/c1-13-3-6-15(7-4-13)22-19(27)9-10-20-25-18(26-28-20)12-29-21-23-16-8-5-14(2)11-17(16)24-21/h3-8,11H,9-10,12H2,1-2H3,(H,22,27)(H,23,24). The molecule has 2 aromatic heterocycles. The van der Waals surface area contributed by atoms with Crippen LogP contribution in [0, 0.1) is 13.8 Å². The van der Waals surface area contributed by atoms with Crippen molar-refractivity contribution in [2.24, 2.45) is 0 Å². The summed E-state index contributed by atoms with van der Waals surface area (Å²) >= 11 is 1.51. The van der Waals surface area contributed by atoms with Crippen molar-refractivity contribution in [3.05, 3.63) is 65.3 Å². The number of amides is 1. The minimum atomic E-state index is -0.0828. The molecule has 0 saturated carbocycles. The predicted octanol–water partition coefficient (Wildman–Crippen LogP) is 4.43. The third kappa shape index (κ3) is 5.03. The van der Waals surface area contributed by atoms with Crippen LogP contribution in [0.25, 0.3) is 11.0 Å². The van der Waals surface area contributed by atoms with Gasteiger partial charge in [-0.1, -0.05) is 40.7 Å². The monoisotopic (exact) mass is 407 g/mol. The van der Waals surface area contributed by atoms with Crippen molar-refractivity contribution in [1.29, 1.82) is 0 Å². The summed E-state index contributed by atoms with van der Waals surface area (Å²) in [6.45, 7) is 4.06. The number of rotatable bonds is 7. The number of fused-ring (bicyclic) bond motifs is 1. The molecule has 0 aliphatic carbocycles. The van der Waals surface area contributed by atoms with Gasteiger partial charge in [0.05, 0.1) is 16.8 Å². The highest BCUT2D eigenvalue weighted by atomic mass is 32.2. The van der Waals surface area contributed by atoms with E-state index < -0.39 is 0 Å². The molecule has 2 heterocycles. The van der Waals surface area contributed by atoms with Gasteiger partial charge in [0, 0.05) is 18.5 Å². The molecule has 0 saturated heterocycles. The summed E-state index contributed by atoms with van der Waals surface area (Å²) in [4.78, 5) is 24.3. The molecule has 2 N–H and O–H groups in total. The second kappa shape index (κ2) is 8.48. The molecule has 2 aromatic carbocycles. The van der Waals surface area contributed by atoms with Gasteiger partial charge >= 0.3 is 0 Å². The molecule has 0 aliphatic heterocycles. The molecule has 0 spiro atoms. The summed E-state index contributed by atoms with van der Waals surface area (Å²) in [6, 6.07) is 13.8. The first kappa shape index (κ1) is 19.2. The molecule has 148 valence electrons. The normalized spacial score (nSPS) is 11.1. The Morgan fingerprint density at radius 3 is 2.72 bits per heavy atom. The summed E-state index contributed by atoms with van der Waals surface area (Å²) in [5, 5.41) is 7.67. The number of aryl methyl sites for hydroxylation is 3. The van der Waals surface area contributed by atoms with Gasteiger partial charge in [-0.05, 0) is 43.7 Å². The number of thioether (sulfide) groups is 1. The Kier molecular flexibility index (Phi) is 5.62. The first-order valence-electron chi connectivity index (χ1n) is 9.32. The van der Waals surface area contributed by atoms with Crippen LogP contribution in [-0.2, 0) is 17.0 Å². The Hall–Kier alpha value is -3.13. The molecular weight excluding hydrogens is 386 g/mol. The molecule has 0 aliphatic rings. The number of hydrogen-bond donors (Lipinski definition) is 2. The van der Waals surface area contributed by atoms with Gasteiger partial charge in [0.15, 0.2) is 11.0 Å². The van der Waals surface area contributed by atoms with E-state index in [1.807, 2.05) is 43.3 Å². The van der Waals surface area contributed by atoms with Crippen LogP contribution in [0.5, 0.6) is 0 Å². The van der Waals surface area contributed by atoms with Crippen LogP contribution in [0.3, 0.4) is 0 Å². The molecule has 1 amide bonds. The number of nitrogens with zero attached hydrogens (tertiary/aromatic N) is 3. The third-order valence-corrected chi connectivity index (χ3v) is 5.23. The fourth-order valence-electron chi connectivity index (χ4n) is 2.83. The zero-order valence-electron chi connectivity index (χ0n) is 16.2. The largest absolute Gasteiger partial charge is 0.339 e. The lowest BCUT2D eigenvalue weighted by molar-refractivity contribution is -0.116. The number of hydrogen-bond acceptors (Lipinski definition) is 6. The van der Waals surface area contributed by atoms with Crippen LogP contribution >= 0.6 is 11.8 Å². The highest BCUT2D eigenvalue weighted by molar-refractivity contribution is 7.98. The lowest BCUT2D eigenvalue weighted by Gasteiger charge is -2.04. The topological polar surface area (TPSA) is 96.7 Å². The van der Waals surface area contributed by atoms with Gasteiger partial charge in [-0.15, -0.1) is 0 Å². The number of carbonyl (C=O) groups excluding carboxylic acids is 1. The number of carbonyl (C=O) groups is 1. The van der Waals surface area contributed by atoms with Gasteiger partial charge in [0.1, 0.15) is 0 Å². The number of imidazole rings is 1. The van der Waals surface area contributed by atoms with Crippen molar-refractivity contribution < 1.29 is 9.32 Å². The van der Waals surface area contributed by atoms with Crippen LogP contribution < -0.4 is 5.32 Å². The Morgan fingerprint density at radius 1 is 1.10 bits per heavy atom. The van der Waals surface area contributed by atoms with Crippen LogP contribution in [0.4, 0.5) is 5.69 Å². The Bertz CT molecular complexity index is 1130. The molecule has 7 nitrogen and oxygen atoms in total. The maximum Gasteiger partial charge on any atom is 0.227 e. The van der Waals surface area contributed by atoms with Gasteiger partial charge in [0.2, 0.25) is 11.8 Å². The number of aromatic nitrogens is 4. The highest BCUT2D eigenvalue weighted by Crippen LogP contribution is 2.23. The molecule has 29 heavy (non-hydrogen) atoms. The second-order valence-electron chi connectivity index (χ2n) is 6.87. The Morgan fingerprint density at radius 2 is 1.90 bits per heavy atom. The van der Waals surface area contributed by atoms with Gasteiger partial charge in [0.25, 0.3) is 0 Å². The average Bonchev–Trinajstić information content (AvgIpc) is 3.32. The van der Waals surface area contributed by atoms with Gasteiger partial charge in [-0.25, -0.2) is 4.98 Å². The molecule has 4 rings (SSSR count). The zero-order chi connectivity index (χ0) is 20.2. The van der Waals surface area contributed by atoms with E-state index >= 15 is 0 Å². The van der Waals surface area contributed by atoms with Crippen LogP contribution in [0.1, 0.15) is 29.3 Å². The fraction of sp³-hybridized carbons (Fsp3) is 0.238. The zero-order valence-corrected chi connectivity index (χ0v) is 17.0. The van der Waals surface area contributed by atoms with E-state index in [0.29, 0.717) is 23.9 Å². The Balaban J connectivity index is 1.27. The summed E-state index contributed by atoms with van der Waals surface area (Å²) in [5.41, 5.74) is 5.07. The number of aromatic amines is 1. The average molecular weight is 407 g/mol. The highest BCUT2D eigenvalue weighted by Gasteiger charge is 2.11. The fourth-order valence-corrected chi connectivity index (χ4v) is 3.56.